The van der Waals surface area contributed by atoms with Gasteiger partial charge >= 0.3 is 18.1 Å². The molecule has 0 amide bonds. The fourth-order valence-corrected chi connectivity index (χ4v) is 0.475. The van der Waals surface area contributed by atoms with Gasteiger partial charge in [0, 0.05) is 13.8 Å². The van der Waals surface area contributed by atoms with Crippen LogP contribution in [0.2, 0.25) is 0 Å². The first-order valence-corrected chi connectivity index (χ1v) is 3.18. The van der Waals surface area contributed by atoms with Gasteiger partial charge in [-0.1, -0.05) is 0 Å². The molecule has 76 valence electrons. The quantitative estimate of drug-likeness (QED) is 0.493. The Bertz CT molecular complexity index is 210. The third-order valence-electron chi connectivity index (χ3n) is 0.836. The van der Waals surface area contributed by atoms with Crippen LogP contribution in [0.15, 0.2) is 0 Å². The molecule has 0 bridgehead atoms. The van der Waals surface area contributed by atoms with Gasteiger partial charge in [0.25, 0.3) is 0 Å². The van der Waals surface area contributed by atoms with Gasteiger partial charge < -0.3 is 9.47 Å². The van der Waals surface area contributed by atoms with Crippen LogP contribution in [0.4, 0.5) is 13.2 Å². The van der Waals surface area contributed by atoms with Gasteiger partial charge in [-0.15, -0.1) is 0 Å². The molecule has 0 saturated heterocycles. The Morgan fingerprint density at radius 1 is 1.23 bits per heavy atom. The first-order chi connectivity index (χ1) is 5.73. The van der Waals surface area contributed by atoms with Crippen LogP contribution in [0.5, 0.6) is 0 Å². The number of alkyl halides is 3. The average molecular weight is 200 g/mol. The fraction of sp³-hybridized carbons (Fsp3) is 0.667. The Balaban J connectivity index is 4.00. The number of carbonyl (C=O) groups excluding carboxylic acids is 2. The second-order valence-corrected chi connectivity index (χ2v) is 2.08. The molecule has 0 aliphatic heterocycles. The Morgan fingerprint density at radius 2 is 1.69 bits per heavy atom. The summed E-state index contributed by atoms with van der Waals surface area (Å²) >= 11 is 0. The number of hydrogen-bond acceptors (Lipinski definition) is 4. The molecule has 0 saturated carbocycles. The highest BCUT2D eigenvalue weighted by Crippen LogP contribution is 2.17. The maximum absolute atomic E-state index is 11.5. The van der Waals surface area contributed by atoms with Gasteiger partial charge in [-0.25, -0.2) is 4.79 Å². The number of hydrogen-bond donors (Lipinski definition) is 0. The molecule has 0 aromatic carbocycles. The standard InChI is InChI=1S/C6H7F3O4/c1-3(10)12-4(2)13-5(11)6(7,8)9/h4H,1-2H3. The molecule has 0 heterocycles. The van der Waals surface area contributed by atoms with Crippen LogP contribution in [0, 0.1) is 0 Å². The summed E-state index contributed by atoms with van der Waals surface area (Å²) < 4.78 is 42.4. The second kappa shape index (κ2) is 4.11. The molecule has 1 atom stereocenters. The summed E-state index contributed by atoms with van der Waals surface area (Å²) in [5, 5.41) is 0. The van der Waals surface area contributed by atoms with E-state index in [1.807, 2.05) is 0 Å². The molecule has 7 heteroatoms. The number of halogens is 3. The maximum atomic E-state index is 11.5. The normalized spacial score (nSPS) is 13.3. The van der Waals surface area contributed by atoms with E-state index in [0.717, 1.165) is 13.8 Å². The van der Waals surface area contributed by atoms with Crippen molar-refractivity contribution in [3.05, 3.63) is 0 Å². The molecule has 0 aliphatic rings. The van der Waals surface area contributed by atoms with Gasteiger partial charge in [0.05, 0.1) is 0 Å². The zero-order chi connectivity index (χ0) is 10.6. The molecule has 0 aromatic rings. The predicted octanol–water partition coefficient (Wildman–Crippen LogP) is 1.00. The van der Waals surface area contributed by atoms with E-state index in [1.54, 1.807) is 0 Å². The fourth-order valence-electron chi connectivity index (χ4n) is 0.475. The van der Waals surface area contributed by atoms with Crippen LogP contribution in [0.1, 0.15) is 13.8 Å². The van der Waals surface area contributed by atoms with Crippen molar-refractivity contribution in [3.8, 4) is 0 Å². The van der Waals surface area contributed by atoms with E-state index in [4.69, 9.17) is 0 Å². The summed E-state index contributed by atoms with van der Waals surface area (Å²) in [6.07, 6.45) is -6.61. The number of rotatable bonds is 2. The largest absolute Gasteiger partial charge is 0.491 e. The number of esters is 2. The van der Waals surface area contributed by atoms with Crippen molar-refractivity contribution in [1.82, 2.24) is 0 Å². The first-order valence-electron chi connectivity index (χ1n) is 3.18. The predicted molar refractivity (Wildman–Crippen MR) is 33.4 cm³/mol. The smallest absolute Gasteiger partial charge is 0.426 e. The lowest BCUT2D eigenvalue weighted by molar-refractivity contribution is -0.222. The molecule has 0 N–H and O–H groups in total. The van der Waals surface area contributed by atoms with Gasteiger partial charge in [-0.2, -0.15) is 13.2 Å². The Morgan fingerprint density at radius 3 is 2.00 bits per heavy atom. The van der Waals surface area contributed by atoms with Crippen LogP contribution >= 0.6 is 0 Å². The molecule has 0 aliphatic carbocycles. The third-order valence-corrected chi connectivity index (χ3v) is 0.836. The van der Waals surface area contributed by atoms with Crippen molar-refractivity contribution < 1.29 is 32.2 Å². The monoisotopic (exact) mass is 200 g/mol. The SMILES string of the molecule is CC(=O)OC(C)OC(=O)C(F)(F)F. The van der Waals surface area contributed by atoms with Gasteiger partial charge in [0.1, 0.15) is 0 Å². The summed E-state index contributed by atoms with van der Waals surface area (Å²) in [7, 11) is 0. The molecular formula is C6H7F3O4. The van der Waals surface area contributed by atoms with Gasteiger partial charge in [0.2, 0.25) is 6.29 Å². The summed E-state index contributed by atoms with van der Waals surface area (Å²) in [4.78, 5) is 20.3. The molecule has 4 nitrogen and oxygen atoms in total. The lowest BCUT2D eigenvalue weighted by Gasteiger charge is -2.13. The second-order valence-electron chi connectivity index (χ2n) is 2.08. The van der Waals surface area contributed by atoms with Crippen LogP contribution in [0.25, 0.3) is 0 Å². The maximum Gasteiger partial charge on any atom is 0.491 e. The number of carbonyl (C=O) groups is 2. The van der Waals surface area contributed by atoms with E-state index >= 15 is 0 Å². The highest BCUT2D eigenvalue weighted by atomic mass is 19.4. The van der Waals surface area contributed by atoms with Gasteiger partial charge in [-0.05, 0) is 0 Å². The zero-order valence-electron chi connectivity index (χ0n) is 6.84. The molecule has 0 aromatic heterocycles. The molecule has 13 heavy (non-hydrogen) atoms. The first kappa shape index (κ1) is 11.7. The Hall–Kier alpha value is -1.27. The van der Waals surface area contributed by atoms with Gasteiger partial charge in [-0.3, -0.25) is 4.79 Å². The van der Waals surface area contributed by atoms with Crippen molar-refractivity contribution in [2.45, 2.75) is 26.3 Å². The van der Waals surface area contributed by atoms with Crippen LogP contribution in [-0.4, -0.2) is 24.4 Å². The molecular weight excluding hydrogens is 193 g/mol. The van der Waals surface area contributed by atoms with Crippen LogP contribution < -0.4 is 0 Å². The summed E-state index contributed by atoms with van der Waals surface area (Å²) in [5.41, 5.74) is 0. The van der Waals surface area contributed by atoms with E-state index in [2.05, 4.69) is 9.47 Å². The zero-order valence-corrected chi connectivity index (χ0v) is 6.84. The highest BCUT2D eigenvalue weighted by molar-refractivity contribution is 5.76. The lowest BCUT2D eigenvalue weighted by Crippen LogP contribution is -2.30. The Labute approximate surface area is 71.6 Å². The summed E-state index contributed by atoms with van der Waals surface area (Å²) in [6.45, 7) is 1.99. The molecule has 0 rings (SSSR count). The topological polar surface area (TPSA) is 52.6 Å². The van der Waals surface area contributed by atoms with Crippen LogP contribution in [-0.2, 0) is 19.1 Å². The van der Waals surface area contributed by atoms with Crippen molar-refractivity contribution in [2.24, 2.45) is 0 Å². The van der Waals surface area contributed by atoms with Crippen molar-refractivity contribution in [2.75, 3.05) is 0 Å². The lowest BCUT2D eigenvalue weighted by atomic mass is 10.6. The molecule has 0 spiro atoms. The van der Waals surface area contributed by atoms with Crippen molar-refractivity contribution >= 4 is 11.9 Å². The highest BCUT2D eigenvalue weighted by Gasteiger charge is 2.42. The van der Waals surface area contributed by atoms with E-state index < -0.39 is 24.4 Å². The van der Waals surface area contributed by atoms with Crippen LogP contribution in [0.3, 0.4) is 0 Å². The minimum absolute atomic E-state index is 0.831. The molecule has 1 unspecified atom stereocenters. The molecule has 0 fully saturated rings. The van der Waals surface area contributed by atoms with Gasteiger partial charge in [0.15, 0.2) is 0 Å². The van der Waals surface area contributed by atoms with E-state index in [0.29, 0.717) is 0 Å². The van der Waals surface area contributed by atoms with Crippen molar-refractivity contribution in [1.29, 1.82) is 0 Å². The minimum Gasteiger partial charge on any atom is -0.426 e. The summed E-state index contributed by atoms with van der Waals surface area (Å²) in [5.74, 6) is -3.22. The van der Waals surface area contributed by atoms with E-state index in [-0.39, 0.29) is 0 Å². The summed E-state index contributed by atoms with van der Waals surface area (Å²) in [6, 6.07) is 0. The molecule has 0 radical (unpaired) electrons. The Kier molecular flexibility index (Phi) is 3.70. The average Bonchev–Trinajstić information content (AvgIpc) is 1.82. The third kappa shape index (κ3) is 5.05. The minimum atomic E-state index is -5.07. The number of ether oxygens (including phenoxy) is 2. The van der Waals surface area contributed by atoms with Crippen molar-refractivity contribution in [3.63, 3.8) is 0 Å². The van der Waals surface area contributed by atoms with E-state index in [1.165, 1.54) is 0 Å². The van der Waals surface area contributed by atoms with E-state index in [9.17, 15) is 22.8 Å².